The Morgan fingerprint density at radius 2 is 1.65 bits per heavy atom. The van der Waals surface area contributed by atoms with Gasteiger partial charge in [0.25, 0.3) is 0 Å². The molecule has 0 fully saturated rings. The van der Waals surface area contributed by atoms with Gasteiger partial charge in [-0.15, -0.1) is 0 Å². The van der Waals surface area contributed by atoms with Gasteiger partial charge in [-0.25, -0.2) is 14.6 Å². The van der Waals surface area contributed by atoms with Gasteiger partial charge in [-0.2, -0.15) is 5.10 Å². The van der Waals surface area contributed by atoms with E-state index in [0.717, 1.165) is 40.2 Å². The fraction of sp³-hybridized carbons (Fsp3) is 0.0741. The number of para-hydroxylation sites is 1. The molecule has 0 saturated heterocycles. The molecule has 166 valence electrons. The average Bonchev–Trinajstić information content (AvgIpc) is 3.24. The van der Waals surface area contributed by atoms with Crippen LogP contribution in [0.5, 0.6) is 5.75 Å². The Morgan fingerprint density at radius 1 is 0.853 bits per heavy atom. The summed E-state index contributed by atoms with van der Waals surface area (Å²) in [5.41, 5.74) is 18.6. The normalized spacial score (nSPS) is 13.1. The Bertz CT molecular complexity index is 1550. The van der Waals surface area contributed by atoms with E-state index in [0.29, 0.717) is 34.8 Å². The predicted octanol–water partition coefficient (Wildman–Crippen LogP) is 4.70. The van der Waals surface area contributed by atoms with E-state index in [1.54, 1.807) is 0 Å². The van der Waals surface area contributed by atoms with E-state index < -0.39 is 0 Å². The Labute approximate surface area is 196 Å². The Kier molecular flexibility index (Phi) is 4.73. The van der Waals surface area contributed by atoms with Crippen LogP contribution in [0.1, 0.15) is 11.1 Å². The Hall–Kier alpha value is -4.65. The SMILES string of the molecule is Nc1cccc(-c2nn(CC3=C(c4ccccc4)Cc4ccccc4O3)c3ncnc(N)c23)c1. The van der Waals surface area contributed by atoms with Crippen molar-refractivity contribution < 1.29 is 4.74 Å². The summed E-state index contributed by atoms with van der Waals surface area (Å²) >= 11 is 0. The van der Waals surface area contributed by atoms with Crippen molar-refractivity contribution in [3.63, 3.8) is 0 Å². The van der Waals surface area contributed by atoms with Crippen LogP contribution in [0.3, 0.4) is 0 Å². The van der Waals surface area contributed by atoms with Crippen LogP contribution in [-0.2, 0) is 13.0 Å². The molecule has 0 radical (unpaired) electrons. The van der Waals surface area contributed by atoms with Crippen LogP contribution in [0.15, 0.2) is 90.9 Å². The second-order valence-electron chi connectivity index (χ2n) is 8.24. The molecular weight excluding hydrogens is 424 g/mol. The van der Waals surface area contributed by atoms with Gasteiger partial charge in [0.1, 0.15) is 35.9 Å². The lowest BCUT2D eigenvalue weighted by atomic mass is 9.94. The molecule has 0 spiro atoms. The van der Waals surface area contributed by atoms with Gasteiger partial charge in [-0.1, -0.05) is 60.7 Å². The molecule has 3 heterocycles. The van der Waals surface area contributed by atoms with Crippen molar-refractivity contribution in [1.82, 2.24) is 19.7 Å². The van der Waals surface area contributed by atoms with Gasteiger partial charge in [0, 0.05) is 23.2 Å². The minimum Gasteiger partial charge on any atom is -0.459 e. The van der Waals surface area contributed by atoms with E-state index in [-0.39, 0.29) is 0 Å². The van der Waals surface area contributed by atoms with Crippen LogP contribution in [0.25, 0.3) is 27.9 Å². The van der Waals surface area contributed by atoms with E-state index in [4.69, 9.17) is 21.3 Å². The molecule has 0 saturated carbocycles. The summed E-state index contributed by atoms with van der Waals surface area (Å²) in [6, 6.07) is 26.0. The van der Waals surface area contributed by atoms with Gasteiger partial charge in [-0.05, 0) is 29.3 Å². The number of anilines is 2. The molecule has 5 aromatic rings. The molecule has 7 heteroatoms. The van der Waals surface area contributed by atoms with Crippen LogP contribution in [0.2, 0.25) is 0 Å². The first-order valence-electron chi connectivity index (χ1n) is 11.0. The lowest BCUT2D eigenvalue weighted by Gasteiger charge is -2.24. The van der Waals surface area contributed by atoms with Crippen molar-refractivity contribution in [2.24, 2.45) is 0 Å². The number of hydrogen-bond acceptors (Lipinski definition) is 6. The summed E-state index contributed by atoms with van der Waals surface area (Å²) < 4.78 is 8.27. The fourth-order valence-electron chi connectivity index (χ4n) is 4.43. The molecule has 3 aromatic carbocycles. The monoisotopic (exact) mass is 446 g/mol. The number of allylic oxidation sites excluding steroid dienone is 2. The molecule has 2 aromatic heterocycles. The molecule has 7 nitrogen and oxygen atoms in total. The van der Waals surface area contributed by atoms with Crippen molar-refractivity contribution in [3.8, 4) is 17.0 Å². The number of hydrogen-bond donors (Lipinski definition) is 2. The smallest absolute Gasteiger partial charge is 0.164 e. The topological polar surface area (TPSA) is 105 Å². The molecule has 0 amide bonds. The first kappa shape index (κ1) is 20.0. The molecule has 0 atom stereocenters. The standard InChI is InChI=1S/C27H22N6O/c28-20-11-6-10-19(13-20)25-24-26(29)30-16-31-27(24)33(32-25)15-23-21(17-7-2-1-3-8-17)14-18-9-4-5-12-22(18)34-23/h1-13,16H,14-15,28H2,(H2,29,30,31). The molecular formula is C27H22N6O. The summed E-state index contributed by atoms with van der Waals surface area (Å²) in [6.45, 7) is 0.397. The number of nitrogens with zero attached hydrogens (tertiary/aromatic N) is 4. The highest BCUT2D eigenvalue weighted by Crippen LogP contribution is 2.37. The maximum atomic E-state index is 6.44. The van der Waals surface area contributed by atoms with Crippen molar-refractivity contribution in [2.75, 3.05) is 11.5 Å². The second kappa shape index (κ2) is 8.04. The van der Waals surface area contributed by atoms with Crippen molar-refractivity contribution >= 4 is 28.1 Å². The zero-order valence-electron chi connectivity index (χ0n) is 18.3. The van der Waals surface area contributed by atoms with Gasteiger partial charge in [-0.3, -0.25) is 0 Å². The third kappa shape index (κ3) is 3.44. The van der Waals surface area contributed by atoms with Crippen LogP contribution >= 0.6 is 0 Å². The Balaban J connectivity index is 1.51. The van der Waals surface area contributed by atoms with Gasteiger partial charge < -0.3 is 16.2 Å². The average molecular weight is 447 g/mol. The van der Waals surface area contributed by atoms with Gasteiger partial charge in [0.15, 0.2) is 5.65 Å². The summed E-state index contributed by atoms with van der Waals surface area (Å²) in [6.07, 6.45) is 2.23. The van der Waals surface area contributed by atoms with Crippen molar-refractivity contribution in [3.05, 3.63) is 102 Å². The van der Waals surface area contributed by atoms with Crippen molar-refractivity contribution in [1.29, 1.82) is 0 Å². The summed E-state index contributed by atoms with van der Waals surface area (Å²) in [4.78, 5) is 8.73. The summed E-state index contributed by atoms with van der Waals surface area (Å²) in [5.74, 6) is 2.06. The van der Waals surface area contributed by atoms with E-state index in [1.165, 1.54) is 6.33 Å². The van der Waals surface area contributed by atoms with Crippen molar-refractivity contribution in [2.45, 2.75) is 13.0 Å². The zero-order chi connectivity index (χ0) is 23.1. The van der Waals surface area contributed by atoms with Crippen LogP contribution in [0.4, 0.5) is 11.5 Å². The number of aromatic nitrogens is 4. The number of ether oxygens (including phenoxy) is 1. The summed E-state index contributed by atoms with van der Waals surface area (Å²) in [5, 5.41) is 5.60. The number of nitrogens with two attached hydrogens (primary N) is 2. The van der Waals surface area contributed by atoms with Crippen LogP contribution < -0.4 is 16.2 Å². The quantitative estimate of drug-likeness (QED) is 0.388. The second-order valence-corrected chi connectivity index (χ2v) is 8.24. The fourth-order valence-corrected chi connectivity index (χ4v) is 4.43. The third-order valence-corrected chi connectivity index (χ3v) is 6.04. The maximum absolute atomic E-state index is 6.44. The molecule has 0 unspecified atom stereocenters. The molecule has 0 aliphatic carbocycles. The molecule has 4 N–H and O–H groups in total. The minimum absolute atomic E-state index is 0.376. The lowest BCUT2D eigenvalue weighted by molar-refractivity contribution is 0.376. The molecule has 1 aliphatic heterocycles. The van der Waals surface area contributed by atoms with Gasteiger partial charge in [0.05, 0.1) is 5.39 Å². The molecule has 34 heavy (non-hydrogen) atoms. The third-order valence-electron chi connectivity index (χ3n) is 6.04. The summed E-state index contributed by atoms with van der Waals surface area (Å²) in [7, 11) is 0. The zero-order valence-corrected chi connectivity index (χ0v) is 18.3. The number of benzene rings is 3. The first-order chi connectivity index (χ1) is 16.7. The first-order valence-corrected chi connectivity index (χ1v) is 11.0. The largest absolute Gasteiger partial charge is 0.459 e. The molecule has 6 rings (SSSR count). The number of rotatable bonds is 4. The van der Waals surface area contributed by atoms with E-state index in [2.05, 4.69) is 28.2 Å². The highest BCUT2D eigenvalue weighted by molar-refractivity contribution is 5.98. The van der Waals surface area contributed by atoms with E-state index in [1.807, 2.05) is 65.3 Å². The van der Waals surface area contributed by atoms with E-state index in [9.17, 15) is 0 Å². The maximum Gasteiger partial charge on any atom is 0.164 e. The molecule has 1 aliphatic rings. The number of fused-ring (bicyclic) bond motifs is 2. The Morgan fingerprint density at radius 3 is 2.50 bits per heavy atom. The predicted molar refractivity (Wildman–Crippen MR) is 134 cm³/mol. The number of nitrogen functional groups attached to an aromatic ring is 2. The molecule has 0 bridgehead atoms. The lowest BCUT2D eigenvalue weighted by Crippen LogP contribution is -2.16. The minimum atomic E-state index is 0.376. The highest BCUT2D eigenvalue weighted by atomic mass is 16.5. The van der Waals surface area contributed by atoms with Crippen LogP contribution in [0, 0.1) is 0 Å². The highest BCUT2D eigenvalue weighted by Gasteiger charge is 2.24. The van der Waals surface area contributed by atoms with Gasteiger partial charge in [0.2, 0.25) is 0 Å². The van der Waals surface area contributed by atoms with Gasteiger partial charge >= 0.3 is 0 Å². The van der Waals surface area contributed by atoms with Crippen LogP contribution in [-0.4, -0.2) is 19.7 Å². The van der Waals surface area contributed by atoms with E-state index >= 15 is 0 Å².